The fourth-order valence-electron chi connectivity index (χ4n) is 1.70. The van der Waals surface area contributed by atoms with Gasteiger partial charge in [0, 0.05) is 29.6 Å². The molecule has 3 heteroatoms. The van der Waals surface area contributed by atoms with Crippen molar-refractivity contribution >= 4 is 22.5 Å². The molecule has 2 aromatic rings. The monoisotopic (exact) mass is 218 g/mol. The summed E-state index contributed by atoms with van der Waals surface area (Å²) in [4.78, 5) is 4.23. The molecule has 2 nitrogen and oxygen atoms in total. The second-order valence-electron chi connectivity index (χ2n) is 3.51. The van der Waals surface area contributed by atoms with Gasteiger partial charge in [-0.25, -0.2) is 0 Å². The van der Waals surface area contributed by atoms with Gasteiger partial charge in [-0.15, -0.1) is 0 Å². The average molecular weight is 218 g/mol. The number of nitrogens with zero attached hydrogens (tertiary/aromatic N) is 1. The van der Waals surface area contributed by atoms with Gasteiger partial charge in [0.15, 0.2) is 0 Å². The second-order valence-corrected chi connectivity index (χ2v) is 4.42. The molecule has 0 radical (unpaired) electrons. The molecule has 0 spiro atoms. The van der Waals surface area contributed by atoms with E-state index in [2.05, 4.69) is 23.4 Å². The minimum Gasteiger partial charge on any atom is -0.323 e. The molecule has 0 saturated heterocycles. The first-order chi connectivity index (χ1) is 7.33. The van der Waals surface area contributed by atoms with E-state index in [0.29, 0.717) is 0 Å². The van der Waals surface area contributed by atoms with E-state index in [1.807, 2.05) is 24.5 Å². The highest BCUT2D eigenvalue weighted by molar-refractivity contribution is 7.98. The van der Waals surface area contributed by atoms with Gasteiger partial charge in [0.1, 0.15) is 0 Å². The lowest BCUT2D eigenvalue weighted by Gasteiger charge is -2.12. The van der Waals surface area contributed by atoms with Crippen LogP contribution in [0.3, 0.4) is 0 Å². The SMILES string of the molecule is CSCC(N)c1cncc2ccccc12. The highest BCUT2D eigenvalue weighted by Gasteiger charge is 2.08. The third-order valence-corrected chi connectivity index (χ3v) is 3.14. The molecule has 0 bridgehead atoms. The molecule has 2 N–H and O–H groups in total. The van der Waals surface area contributed by atoms with Crippen LogP contribution in [-0.4, -0.2) is 17.0 Å². The molecule has 0 saturated carbocycles. The summed E-state index contributed by atoms with van der Waals surface area (Å²) >= 11 is 1.76. The zero-order chi connectivity index (χ0) is 10.7. The quantitative estimate of drug-likeness (QED) is 0.860. The Morgan fingerprint density at radius 1 is 1.33 bits per heavy atom. The Morgan fingerprint density at radius 2 is 2.13 bits per heavy atom. The van der Waals surface area contributed by atoms with Crippen LogP contribution in [0.1, 0.15) is 11.6 Å². The van der Waals surface area contributed by atoms with Crippen molar-refractivity contribution in [3.05, 3.63) is 42.2 Å². The smallest absolute Gasteiger partial charge is 0.0408 e. The van der Waals surface area contributed by atoms with Gasteiger partial charge in [0.25, 0.3) is 0 Å². The van der Waals surface area contributed by atoms with Gasteiger partial charge in [-0.2, -0.15) is 11.8 Å². The van der Waals surface area contributed by atoms with Crippen LogP contribution in [0, 0.1) is 0 Å². The number of hydrogen-bond acceptors (Lipinski definition) is 3. The van der Waals surface area contributed by atoms with E-state index in [4.69, 9.17) is 5.73 Å². The molecule has 1 atom stereocenters. The molecule has 0 aliphatic rings. The van der Waals surface area contributed by atoms with E-state index < -0.39 is 0 Å². The van der Waals surface area contributed by atoms with Gasteiger partial charge in [-0.3, -0.25) is 4.98 Å². The number of aromatic nitrogens is 1. The Bertz CT molecular complexity index is 451. The largest absolute Gasteiger partial charge is 0.323 e. The maximum Gasteiger partial charge on any atom is 0.0408 e. The van der Waals surface area contributed by atoms with Crippen molar-refractivity contribution in [1.29, 1.82) is 0 Å². The average Bonchev–Trinajstić information content (AvgIpc) is 2.28. The lowest BCUT2D eigenvalue weighted by atomic mass is 10.0. The Kier molecular flexibility index (Phi) is 3.23. The first kappa shape index (κ1) is 10.5. The number of nitrogens with two attached hydrogens (primary N) is 1. The molecule has 0 amide bonds. The van der Waals surface area contributed by atoms with Crippen LogP contribution in [-0.2, 0) is 0 Å². The summed E-state index contributed by atoms with van der Waals surface area (Å²) in [7, 11) is 0. The topological polar surface area (TPSA) is 38.9 Å². The second kappa shape index (κ2) is 4.64. The van der Waals surface area contributed by atoms with Gasteiger partial charge >= 0.3 is 0 Å². The Labute approximate surface area is 93.9 Å². The van der Waals surface area contributed by atoms with Gasteiger partial charge < -0.3 is 5.73 Å². The first-order valence-corrected chi connectivity index (χ1v) is 6.29. The Balaban J connectivity index is 2.50. The van der Waals surface area contributed by atoms with Gasteiger partial charge in [-0.05, 0) is 17.2 Å². The molecular formula is C12H14N2S. The van der Waals surface area contributed by atoms with E-state index in [0.717, 1.165) is 16.7 Å². The van der Waals surface area contributed by atoms with Gasteiger partial charge in [0.2, 0.25) is 0 Å². The fraction of sp³-hybridized carbons (Fsp3) is 0.250. The van der Waals surface area contributed by atoms with Crippen LogP contribution < -0.4 is 5.73 Å². The molecule has 0 aliphatic carbocycles. The Hall–Kier alpha value is -1.06. The zero-order valence-corrected chi connectivity index (χ0v) is 9.50. The van der Waals surface area contributed by atoms with Gasteiger partial charge in [-0.1, -0.05) is 24.3 Å². The van der Waals surface area contributed by atoms with Crippen molar-refractivity contribution in [2.45, 2.75) is 6.04 Å². The van der Waals surface area contributed by atoms with Crippen molar-refractivity contribution < 1.29 is 0 Å². The summed E-state index contributed by atoms with van der Waals surface area (Å²) in [6.45, 7) is 0. The van der Waals surface area contributed by atoms with Crippen molar-refractivity contribution in [1.82, 2.24) is 4.98 Å². The standard InChI is InChI=1S/C12H14N2S/c1-15-8-12(13)11-7-14-6-9-4-2-3-5-10(9)11/h2-7,12H,8,13H2,1H3. The van der Waals surface area contributed by atoms with Crippen molar-refractivity contribution in [3.63, 3.8) is 0 Å². The normalized spacial score (nSPS) is 12.9. The maximum absolute atomic E-state index is 6.11. The molecular weight excluding hydrogens is 204 g/mol. The molecule has 0 aliphatic heterocycles. The minimum absolute atomic E-state index is 0.0681. The first-order valence-electron chi connectivity index (χ1n) is 4.90. The van der Waals surface area contributed by atoms with E-state index in [1.165, 1.54) is 5.39 Å². The lowest BCUT2D eigenvalue weighted by Crippen LogP contribution is -2.13. The van der Waals surface area contributed by atoms with E-state index in [1.54, 1.807) is 11.8 Å². The summed E-state index contributed by atoms with van der Waals surface area (Å²) in [5.41, 5.74) is 7.25. The van der Waals surface area contributed by atoms with Crippen LogP contribution >= 0.6 is 11.8 Å². The van der Waals surface area contributed by atoms with Crippen LogP contribution in [0.15, 0.2) is 36.7 Å². The van der Waals surface area contributed by atoms with Crippen LogP contribution in [0.25, 0.3) is 10.8 Å². The molecule has 0 fully saturated rings. The number of hydrogen-bond donors (Lipinski definition) is 1. The summed E-state index contributed by atoms with van der Waals surface area (Å²) in [6.07, 6.45) is 5.83. The molecule has 15 heavy (non-hydrogen) atoms. The number of pyridine rings is 1. The van der Waals surface area contributed by atoms with Crippen molar-refractivity contribution in [3.8, 4) is 0 Å². The summed E-state index contributed by atoms with van der Waals surface area (Å²) in [5, 5.41) is 2.38. The number of fused-ring (bicyclic) bond motifs is 1. The molecule has 1 aromatic carbocycles. The highest BCUT2D eigenvalue weighted by atomic mass is 32.2. The maximum atomic E-state index is 6.11. The number of rotatable bonds is 3. The third kappa shape index (κ3) is 2.13. The summed E-state index contributed by atoms with van der Waals surface area (Å²) in [6, 6.07) is 8.30. The highest BCUT2D eigenvalue weighted by Crippen LogP contribution is 2.23. The minimum atomic E-state index is 0.0681. The van der Waals surface area contributed by atoms with Crippen LogP contribution in [0.4, 0.5) is 0 Å². The van der Waals surface area contributed by atoms with E-state index >= 15 is 0 Å². The van der Waals surface area contributed by atoms with Gasteiger partial charge in [0.05, 0.1) is 0 Å². The summed E-state index contributed by atoms with van der Waals surface area (Å²) < 4.78 is 0. The van der Waals surface area contributed by atoms with Crippen LogP contribution in [0.5, 0.6) is 0 Å². The zero-order valence-electron chi connectivity index (χ0n) is 8.68. The molecule has 78 valence electrons. The number of thioether (sulfide) groups is 1. The number of benzene rings is 1. The molecule has 1 unspecified atom stereocenters. The predicted molar refractivity (Wildman–Crippen MR) is 67.1 cm³/mol. The predicted octanol–water partition coefficient (Wildman–Crippen LogP) is 2.60. The lowest BCUT2D eigenvalue weighted by molar-refractivity contribution is 0.835. The van der Waals surface area contributed by atoms with E-state index in [9.17, 15) is 0 Å². The molecule has 1 aromatic heterocycles. The summed E-state index contributed by atoms with van der Waals surface area (Å²) in [5.74, 6) is 0.926. The van der Waals surface area contributed by atoms with Crippen LogP contribution in [0.2, 0.25) is 0 Å². The third-order valence-electron chi connectivity index (χ3n) is 2.44. The molecule has 2 rings (SSSR count). The van der Waals surface area contributed by atoms with Crippen molar-refractivity contribution in [2.75, 3.05) is 12.0 Å². The Morgan fingerprint density at radius 3 is 2.93 bits per heavy atom. The molecule has 1 heterocycles. The fourth-order valence-corrected chi connectivity index (χ4v) is 2.24. The van der Waals surface area contributed by atoms with Crippen molar-refractivity contribution in [2.24, 2.45) is 5.73 Å². The van der Waals surface area contributed by atoms with E-state index in [-0.39, 0.29) is 6.04 Å².